The van der Waals surface area contributed by atoms with E-state index in [2.05, 4.69) is 10.4 Å². The number of hydrogen-bond acceptors (Lipinski definition) is 5. The number of aliphatic hydroxyl groups is 1. The fourth-order valence-corrected chi connectivity index (χ4v) is 1.50. The van der Waals surface area contributed by atoms with E-state index in [1.54, 1.807) is 20.9 Å². The van der Waals surface area contributed by atoms with Gasteiger partial charge in [-0.3, -0.25) is 10.1 Å². The standard InChI is InChI=1S/C10H18N4O3/c1-5-7-8(14(16)17)9(13(4)12-7)11-6-10(2,3)15/h11,15H,5-6H2,1-4H3. The molecule has 96 valence electrons. The largest absolute Gasteiger partial charge is 0.389 e. The SMILES string of the molecule is CCc1nn(C)c(NCC(C)(C)O)c1[N+](=O)[O-]. The third kappa shape index (κ3) is 3.16. The van der Waals surface area contributed by atoms with E-state index in [4.69, 9.17) is 0 Å². The van der Waals surface area contributed by atoms with Gasteiger partial charge in [0.05, 0.1) is 10.5 Å². The van der Waals surface area contributed by atoms with Gasteiger partial charge in [0.1, 0.15) is 5.69 Å². The predicted molar refractivity (Wildman–Crippen MR) is 64.0 cm³/mol. The molecule has 7 nitrogen and oxygen atoms in total. The van der Waals surface area contributed by atoms with Gasteiger partial charge in [0.2, 0.25) is 5.82 Å². The second-order valence-electron chi connectivity index (χ2n) is 4.54. The van der Waals surface area contributed by atoms with Crippen molar-refractivity contribution in [3.8, 4) is 0 Å². The van der Waals surface area contributed by atoms with Crippen LogP contribution in [0.5, 0.6) is 0 Å². The summed E-state index contributed by atoms with van der Waals surface area (Å²) in [6, 6.07) is 0. The van der Waals surface area contributed by atoms with Gasteiger partial charge >= 0.3 is 5.69 Å². The van der Waals surface area contributed by atoms with Crippen LogP contribution in [-0.2, 0) is 13.5 Å². The van der Waals surface area contributed by atoms with E-state index in [-0.39, 0.29) is 12.2 Å². The Morgan fingerprint density at radius 2 is 2.18 bits per heavy atom. The maximum atomic E-state index is 11.0. The molecule has 0 aliphatic carbocycles. The van der Waals surface area contributed by atoms with Gasteiger partial charge in [-0.15, -0.1) is 0 Å². The Morgan fingerprint density at radius 1 is 1.59 bits per heavy atom. The number of hydrogen-bond donors (Lipinski definition) is 2. The lowest BCUT2D eigenvalue weighted by Gasteiger charge is -2.17. The second kappa shape index (κ2) is 4.70. The molecule has 0 fully saturated rings. The van der Waals surface area contributed by atoms with Crippen molar-refractivity contribution in [3.63, 3.8) is 0 Å². The van der Waals surface area contributed by atoms with Crippen molar-refractivity contribution >= 4 is 11.5 Å². The number of rotatable bonds is 5. The molecule has 2 N–H and O–H groups in total. The van der Waals surface area contributed by atoms with Crippen molar-refractivity contribution in [1.29, 1.82) is 0 Å². The molecule has 1 aromatic heterocycles. The van der Waals surface area contributed by atoms with Crippen molar-refractivity contribution in [1.82, 2.24) is 9.78 Å². The zero-order valence-corrected chi connectivity index (χ0v) is 10.5. The monoisotopic (exact) mass is 242 g/mol. The summed E-state index contributed by atoms with van der Waals surface area (Å²) >= 11 is 0. The van der Waals surface area contributed by atoms with Gasteiger partial charge in [-0.25, -0.2) is 4.68 Å². The van der Waals surface area contributed by atoms with Crippen LogP contribution in [0.4, 0.5) is 11.5 Å². The predicted octanol–water partition coefficient (Wildman–Crippen LogP) is 1.07. The first-order chi connectivity index (χ1) is 7.76. The number of nitrogens with one attached hydrogen (secondary N) is 1. The molecule has 0 radical (unpaired) electrons. The van der Waals surface area contributed by atoms with Gasteiger partial charge < -0.3 is 10.4 Å². The van der Waals surface area contributed by atoms with Gasteiger partial charge in [-0.2, -0.15) is 5.10 Å². The first-order valence-electron chi connectivity index (χ1n) is 5.42. The highest BCUT2D eigenvalue weighted by molar-refractivity contribution is 5.59. The van der Waals surface area contributed by atoms with E-state index in [1.165, 1.54) is 4.68 Å². The van der Waals surface area contributed by atoms with Crippen LogP contribution in [0.15, 0.2) is 0 Å². The topological polar surface area (TPSA) is 93.2 Å². The van der Waals surface area contributed by atoms with E-state index >= 15 is 0 Å². The Kier molecular flexibility index (Phi) is 3.72. The summed E-state index contributed by atoms with van der Waals surface area (Å²) < 4.78 is 1.43. The quantitative estimate of drug-likeness (QED) is 0.595. The summed E-state index contributed by atoms with van der Waals surface area (Å²) in [6.07, 6.45) is 0.494. The molecule has 0 amide bonds. The molecule has 1 heterocycles. The Labute approximate surface area is 99.6 Å². The van der Waals surface area contributed by atoms with Crippen molar-refractivity contribution in [2.24, 2.45) is 7.05 Å². The van der Waals surface area contributed by atoms with Crippen LogP contribution in [0.2, 0.25) is 0 Å². The zero-order valence-electron chi connectivity index (χ0n) is 10.5. The Balaban J connectivity index is 3.05. The summed E-state index contributed by atoms with van der Waals surface area (Å²) in [5.41, 5.74) is -0.514. The van der Waals surface area contributed by atoms with E-state index < -0.39 is 10.5 Å². The molecule has 0 bridgehead atoms. The van der Waals surface area contributed by atoms with Crippen LogP contribution in [-0.4, -0.2) is 32.0 Å². The molecule has 0 saturated carbocycles. The van der Waals surface area contributed by atoms with E-state index in [0.29, 0.717) is 17.9 Å². The summed E-state index contributed by atoms with van der Waals surface area (Å²) in [7, 11) is 1.64. The molecule has 0 atom stereocenters. The average Bonchev–Trinajstić information content (AvgIpc) is 2.50. The minimum Gasteiger partial charge on any atom is -0.389 e. The van der Waals surface area contributed by atoms with Crippen LogP contribution in [0.1, 0.15) is 26.5 Å². The number of anilines is 1. The number of nitrogens with zero attached hydrogens (tertiary/aromatic N) is 3. The van der Waals surface area contributed by atoms with E-state index in [1.807, 2.05) is 6.92 Å². The highest BCUT2D eigenvalue weighted by Crippen LogP contribution is 2.28. The third-order valence-corrected chi connectivity index (χ3v) is 2.30. The first-order valence-corrected chi connectivity index (χ1v) is 5.42. The van der Waals surface area contributed by atoms with Gasteiger partial charge in [0, 0.05) is 13.6 Å². The van der Waals surface area contributed by atoms with Crippen LogP contribution in [0.25, 0.3) is 0 Å². The van der Waals surface area contributed by atoms with Crippen molar-refractivity contribution < 1.29 is 10.0 Å². The normalized spacial score (nSPS) is 11.6. The molecule has 0 spiro atoms. The van der Waals surface area contributed by atoms with Crippen LogP contribution in [0, 0.1) is 10.1 Å². The second-order valence-corrected chi connectivity index (χ2v) is 4.54. The minimum atomic E-state index is -0.940. The van der Waals surface area contributed by atoms with Gasteiger partial charge in [0.25, 0.3) is 0 Å². The lowest BCUT2D eigenvalue weighted by molar-refractivity contribution is -0.384. The van der Waals surface area contributed by atoms with Crippen LogP contribution < -0.4 is 5.32 Å². The number of aromatic nitrogens is 2. The lowest BCUT2D eigenvalue weighted by atomic mass is 10.1. The summed E-state index contributed by atoms with van der Waals surface area (Å²) in [5.74, 6) is 0.328. The molecular formula is C10H18N4O3. The van der Waals surface area contributed by atoms with Gasteiger partial charge in [0.15, 0.2) is 0 Å². The summed E-state index contributed by atoms with van der Waals surface area (Å²) in [6.45, 7) is 5.29. The van der Waals surface area contributed by atoms with Crippen molar-refractivity contribution in [2.75, 3.05) is 11.9 Å². The highest BCUT2D eigenvalue weighted by Gasteiger charge is 2.26. The molecule has 0 saturated heterocycles. The van der Waals surface area contributed by atoms with Gasteiger partial charge in [-0.05, 0) is 20.3 Å². The van der Waals surface area contributed by atoms with Crippen molar-refractivity contribution in [3.05, 3.63) is 15.8 Å². The van der Waals surface area contributed by atoms with Crippen LogP contribution in [0.3, 0.4) is 0 Å². The number of nitro groups is 1. The van der Waals surface area contributed by atoms with E-state index in [9.17, 15) is 15.2 Å². The maximum absolute atomic E-state index is 11.0. The molecule has 17 heavy (non-hydrogen) atoms. The molecule has 0 unspecified atom stereocenters. The zero-order chi connectivity index (χ0) is 13.2. The highest BCUT2D eigenvalue weighted by atomic mass is 16.6. The molecule has 1 rings (SSSR count). The Morgan fingerprint density at radius 3 is 2.59 bits per heavy atom. The molecule has 1 aromatic rings. The molecule has 7 heteroatoms. The first kappa shape index (κ1) is 13.4. The van der Waals surface area contributed by atoms with E-state index in [0.717, 1.165) is 0 Å². The Bertz CT molecular complexity index is 420. The molecular weight excluding hydrogens is 224 g/mol. The number of aryl methyl sites for hydroxylation is 2. The lowest BCUT2D eigenvalue weighted by Crippen LogP contribution is -2.30. The molecule has 0 aromatic carbocycles. The fraction of sp³-hybridized carbons (Fsp3) is 0.700. The van der Waals surface area contributed by atoms with Gasteiger partial charge in [-0.1, -0.05) is 6.92 Å². The minimum absolute atomic E-state index is 0.0146. The Hall–Kier alpha value is -1.63. The third-order valence-electron chi connectivity index (χ3n) is 2.30. The smallest absolute Gasteiger partial charge is 0.333 e. The molecule has 0 aliphatic rings. The fourth-order valence-electron chi connectivity index (χ4n) is 1.50. The van der Waals surface area contributed by atoms with Crippen molar-refractivity contribution in [2.45, 2.75) is 32.8 Å². The average molecular weight is 242 g/mol. The maximum Gasteiger partial charge on any atom is 0.333 e. The summed E-state index contributed by atoms with van der Waals surface area (Å²) in [4.78, 5) is 10.5. The van der Waals surface area contributed by atoms with Crippen LogP contribution >= 0.6 is 0 Å². The summed E-state index contributed by atoms with van der Waals surface area (Å²) in [5, 5.41) is 27.5. The molecule has 0 aliphatic heterocycles.